The van der Waals surface area contributed by atoms with Gasteiger partial charge < -0.3 is 19.5 Å². The molecule has 0 bridgehead atoms. The summed E-state index contributed by atoms with van der Waals surface area (Å²) < 4.78 is 10.7. The second-order valence-corrected chi connectivity index (χ2v) is 5.57. The maximum absolute atomic E-state index is 5.48. The van der Waals surface area contributed by atoms with E-state index in [2.05, 4.69) is 20.4 Å². The zero-order chi connectivity index (χ0) is 15.6. The molecule has 3 aromatic rings. The Kier molecular flexibility index (Phi) is 3.59. The maximum atomic E-state index is 5.48. The van der Waals surface area contributed by atoms with Crippen LogP contribution in [0.1, 0.15) is 11.7 Å². The van der Waals surface area contributed by atoms with Crippen LogP contribution in [-0.4, -0.2) is 36.9 Å². The van der Waals surface area contributed by atoms with Crippen LogP contribution < -0.4 is 15.0 Å². The van der Waals surface area contributed by atoms with Gasteiger partial charge in [0.05, 0.1) is 13.2 Å². The molecule has 2 aromatic heterocycles. The average molecular weight is 310 g/mol. The number of fused-ring (bicyclic) bond motifs is 1. The predicted molar refractivity (Wildman–Crippen MR) is 87.8 cm³/mol. The number of piperazine rings is 1. The fourth-order valence-electron chi connectivity index (χ4n) is 3.00. The van der Waals surface area contributed by atoms with Crippen molar-refractivity contribution < 1.29 is 9.26 Å². The van der Waals surface area contributed by atoms with Gasteiger partial charge in [-0.1, -0.05) is 11.2 Å². The molecule has 0 amide bonds. The van der Waals surface area contributed by atoms with Gasteiger partial charge in [-0.15, -0.1) is 0 Å². The molecule has 0 spiro atoms. The summed E-state index contributed by atoms with van der Waals surface area (Å²) in [6.45, 7) is 2.62. The minimum absolute atomic E-state index is 0.111. The van der Waals surface area contributed by atoms with Gasteiger partial charge in [-0.25, -0.2) is 4.98 Å². The first-order chi connectivity index (χ1) is 11.3. The van der Waals surface area contributed by atoms with E-state index in [0.29, 0.717) is 0 Å². The largest absolute Gasteiger partial charge is 0.497 e. The molecule has 1 fully saturated rings. The van der Waals surface area contributed by atoms with Crippen LogP contribution in [0.5, 0.6) is 5.75 Å². The SMILES string of the molecule is COc1ccc2c(C3CN(c4ccccn4)CCN3)noc2c1. The third-order valence-electron chi connectivity index (χ3n) is 4.19. The van der Waals surface area contributed by atoms with Crippen LogP contribution in [0.15, 0.2) is 47.1 Å². The van der Waals surface area contributed by atoms with Gasteiger partial charge in [0.25, 0.3) is 0 Å². The molecule has 6 heteroatoms. The van der Waals surface area contributed by atoms with E-state index in [1.165, 1.54) is 0 Å². The van der Waals surface area contributed by atoms with E-state index in [9.17, 15) is 0 Å². The number of aromatic nitrogens is 2. The highest BCUT2D eigenvalue weighted by atomic mass is 16.5. The van der Waals surface area contributed by atoms with Gasteiger partial charge in [0.2, 0.25) is 0 Å². The standard InChI is InChI=1S/C17H18N4O2/c1-22-12-5-6-13-15(10-12)23-20-17(13)14-11-21(9-8-18-14)16-4-2-3-7-19-16/h2-7,10,14,18H,8-9,11H2,1H3. The normalized spacial score (nSPS) is 18.3. The maximum Gasteiger partial charge on any atom is 0.170 e. The lowest BCUT2D eigenvalue weighted by atomic mass is 10.1. The number of hydrogen-bond donors (Lipinski definition) is 1. The van der Waals surface area contributed by atoms with Gasteiger partial charge in [-0.3, -0.25) is 0 Å². The number of benzene rings is 1. The van der Waals surface area contributed by atoms with E-state index in [1.807, 2.05) is 42.6 Å². The lowest BCUT2D eigenvalue weighted by Crippen LogP contribution is -2.46. The first-order valence-corrected chi connectivity index (χ1v) is 7.68. The highest BCUT2D eigenvalue weighted by Crippen LogP contribution is 2.29. The minimum Gasteiger partial charge on any atom is -0.497 e. The number of anilines is 1. The van der Waals surface area contributed by atoms with Crippen molar-refractivity contribution in [3.05, 3.63) is 48.3 Å². The Bertz CT molecular complexity index is 803. The van der Waals surface area contributed by atoms with Crippen molar-refractivity contribution in [2.75, 3.05) is 31.6 Å². The molecule has 4 rings (SSSR count). The monoisotopic (exact) mass is 310 g/mol. The summed E-state index contributed by atoms with van der Waals surface area (Å²) in [5, 5.41) is 8.82. The summed E-state index contributed by atoms with van der Waals surface area (Å²) in [6, 6.07) is 11.9. The molecule has 1 saturated heterocycles. The van der Waals surface area contributed by atoms with Crippen LogP contribution in [0.4, 0.5) is 5.82 Å². The minimum atomic E-state index is 0.111. The van der Waals surface area contributed by atoms with Crippen LogP contribution in [0.25, 0.3) is 11.0 Å². The number of ether oxygens (including phenoxy) is 1. The molecule has 1 aromatic carbocycles. The molecule has 23 heavy (non-hydrogen) atoms. The number of methoxy groups -OCH3 is 1. The van der Waals surface area contributed by atoms with Gasteiger partial charge >= 0.3 is 0 Å². The molecule has 1 aliphatic heterocycles. The molecule has 1 aliphatic rings. The second kappa shape index (κ2) is 5.89. The highest BCUT2D eigenvalue weighted by molar-refractivity contribution is 5.81. The fraction of sp³-hybridized carbons (Fsp3) is 0.294. The van der Waals surface area contributed by atoms with Gasteiger partial charge in [-0.2, -0.15) is 0 Å². The number of nitrogens with zero attached hydrogens (tertiary/aromatic N) is 3. The van der Waals surface area contributed by atoms with Crippen LogP contribution in [0.3, 0.4) is 0 Å². The van der Waals surface area contributed by atoms with Crippen LogP contribution in [-0.2, 0) is 0 Å². The van der Waals surface area contributed by atoms with Crippen molar-refractivity contribution >= 4 is 16.8 Å². The third-order valence-corrected chi connectivity index (χ3v) is 4.19. The summed E-state index contributed by atoms with van der Waals surface area (Å²) in [5.74, 6) is 1.76. The lowest BCUT2D eigenvalue weighted by Gasteiger charge is -2.33. The van der Waals surface area contributed by atoms with Crippen molar-refractivity contribution in [2.45, 2.75) is 6.04 Å². The summed E-state index contributed by atoms with van der Waals surface area (Å²) in [7, 11) is 1.64. The zero-order valence-corrected chi connectivity index (χ0v) is 12.9. The predicted octanol–water partition coefficient (Wildman–Crippen LogP) is 2.38. The Labute approximate surface area is 134 Å². The van der Waals surface area contributed by atoms with Crippen molar-refractivity contribution in [2.24, 2.45) is 0 Å². The smallest absolute Gasteiger partial charge is 0.170 e. The zero-order valence-electron chi connectivity index (χ0n) is 12.9. The average Bonchev–Trinajstić information content (AvgIpc) is 3.05. The number of rotatable bonds is 3. The van der Waals surface area contributed by atoms with Crippen molar-refractivity contribution in [1.29, 1.82) is 0 Å². The number of hydrogen-bond acceptors (Lipinski definition) is 6. The van der Waals surface area contributed by atoms with Crippen molar-refractivity contribution in [1.82, 2.24) is 15.5 Å². The van der Waals surface area contributed by atoms with Crippen LogP contribution >= 0.6 is 0 Å². The second-order valence-electron chi connectivity index (χ2n) is 5.57. The molecular weight excluding hydrogens is 292 g/mol. The Morgan fingerprint density at radius 2 is 2.26 bits per heavy atom. The molecule has 118 valence electrons. The number of pyridine rings is 1. The first-order valence-electron chi connectivity index (χ1n) is 7.68. The van der Waals surface area contributed by atoms with Gasteiger partial charge in [-0.05, 0) is 24.3 Å². The van der Waals surface area contributed by atoms with E-state index in [1.54, 1.807) is 7.11 Å². The highest BCUT2D eigenvalue weighted by Gasteiger charge is 2.26. The summed E-state index contributed by atoms with van der Waals surface area (Å²) in [5.41, 5.74) is 1.68. The van der Waals surface area contributed by atoms with Crippen LogP contribution in [0.2, 0.25) is 0 Å². The molecule has 1 unspecified atom stereocenters. The van der Waals surface area contributed by atoms with Gasteiger partial charge in [0, 0.05) is 37.3 Å². The first kappa shape index (κ1) is 14.0. The topological polar surface area (TPSA) is 63.4 Å². The van der Waals surface area contributed by atoms with Crippen LogP contribution in [0, 0.1) is 0 Å². The summed E-state index contributed by atoms with van der Waals surface area (Å²) >= 11 is 0. The van der Waals surface area contributed by atoms with E-state index in [-0.39, 0.29) is 6.04 Å². The lowest BCUT2D eigenvalue weighted by molar-refractivity contribution is 0.400. The Balaban J connectivity index is 1.62. The fourth-order valence-corrected chi connectivity index (χ4v) is 3.00. The Hall–Kier alpha value is -2.60. The Morgan fingerprint density at radius 1 is 1.30 bits per heavy atom. The third kappa shape index (κ3) is 2.61. The van der Waals surface area contributed by atoms with E-state index in [0.717, 1.165) is 47.9 Å². The number of nitrogens with one attached hydrogen (secondary N) is 1. The summed E-state index contributed by atoms with van der Waals surface area (Å²) in [6.07, 6.45) is 1.82. The van der Waals surface area contributed by atoms with Crippen molar-refractivity contribution in [3.63, 3.8) is 0 Å². The molecule has 0 aliphatic carbocycles. The quantitative estimate of drug-likeness (QED) is 0.801. The summed E-state index contributed by atoms with van der Waals surface area (Å²) in [4.78, 5) is 6.71. The molecule has 1 N–H and O–H groups in total. The molecule has 0 radical (unpaired) electrons. The van der Waals surface area contributed by atoms with E-state index < -0.39 is 0 Å². The van der Waals surface area contributed by atoms with E-state index in [4.69, 9.17) is 9.26 Å². The molecule has 1 atom stereocenters. The van der Waals surface area contributed by atoms with Gasteiger partial charge in [0.1, 0.15) is 17.3 Å². The molecular formula is C17H18N4O2. The molecule has 6 nitrogen and oxygen atoms in total. The Morgan fingerprint density at radius 3 is 3.09 bits per heavy atom. The van der Waals surface area contributed by atoms with Crippen molar-refractivity contribution in [3.8, 4) is 5.75 Å². The molecule has 3 heterocycles. The van der Waals surface area contributed by atoms with E-state index >= 15 is 0 Å². The molecule has 0 saturated carbocycles. The van der Waals surface area contributed by atoms with Gasteiger partial charge in [0.15, 0.2) is 5.58 Å².